The summed E-state index contributed by atoms with van der Waals surface area (Å²) in [5, 5.41) is 11.0. The average Bonchev–Trinajstić information content (AvgIpc) is 3.41. The molecule has 8 nitrogen and oxygen atoms in total. The van der Waals surface area contributed by atoms with Crippen LogP contribution in [0.25, 0.3) is 10.9 Å². The number of piperazine rings is 1. The van der Waals surface area contributed by atoms with Crippen molar-refractivity contribution in [1.82, 2.24) is 14.8 Å². The maximum absolute atomic E-state index is 12.4. The molecule has 0 spiro atoms. The molecule has 2 saturated heterocycles. The summed E-state index contributed by atoms with van der Waals surface area (Å²) in [5.41, 5.74) is 2.64. The minimum atomic E-state index is -2.94. The van der Waals surface area contributed by atoms with Crippen molar-refractivity contribution in [1.29, 1.82) is 0 Å². The number of hydrogen-bond acceptors (Lipinski definition) is 6. The van der Waals surface area contributed by atoms with Crippen molar-refractivity contribution in [3.05, 3.63) is 65.9 Å². The lowest BCUT2D eigenvalue weighted by Gasteiger charge is -2.40. The van der Waals surface area contributed by atoms with Gasteiger partial charge >= 0.3 is 5.97 Å². The molecule has 2 fully saturated rings. The lowest BCUT2D eigenvalue weighted by Crippen LogP contribution is -2.52. The van der Waals surface area contributed by atoms with Crippen LogP contribution >= 0.6 is 0 Å². The molecular weight excluding hydrogens is 454 g/mol. The molecule has 180 valence electrons. The fraction of sp³-hybridized carbons (Fsp3) is 0.400. The highest BCUT2D eigenvalue weighted by Crippen LogP contribution is 2.32. The molecule has 9 heteroatoms. The fourth-order valence-electron chi connectivity index (χ4n) is 5.09. The topological polar surface area (TPSA) is 103 Å². The second-order valence-electron chi connectivity index (χ2n) is 9.10. The first-order valence-corrected chi connectivity index (χ1v) is 13.4. The Morgan fingerprint density at radius 3 is 2.56 bits per heavy atom. The van der Waals surface area contributed by atoms with Gasteiger partial charge in [-0.25, -0.2) is 8.42 Å². The van der Waals surface area contributed by atoms with E-state index >= 15 is 0 Å². The van der Waals surface area contributed by atoms with E-state index in [4.69, 9.17) is 4.74 Å². The molecule has 1 aromatic heterocycles. The largest absolute Gasteiger partial charge is 0.489 e. The van der Waals surface area contributed by atoms with Crippen LogP contribution in [0.3, 0.4) is 0 Å². The first-order chi connectivity index (χ1) is 16.4. The smallest absolute Gasteiger partial charge is 0.325 e. The van der Waals surface area contributed by atoms with Gasteiger partial charge in [-0.3, -0.25) is 14.6 Å². The number of carboxylic acids is 1. The van der Waals surface area contributed by atoms with Crippen molar-refractivity contribution in [2.24, 2.45) is 0 Å². The Bertz CT molecular complexity index is 1270. The van der Waals surface area contributed by atoms with Crippen molar-refractivity contribution in [2.75, 3.05) is 37.7 Å². The molecule has 2 aliphatic heterocycles. The maximum atomic E-state index is 12.4. The van der Waals surface area contributed by atoms with E-state index in [0.717, 1.165) is 16.5 Å². The Kier molecular flexibility index (Phi) is 6.33. The fourth-order valence-corrected chi connectivity index (χ4v) is 6.85. The molecule has 0 aliphatic carbocycles. The van der Waals surface area contributed by atoms with Crippen molar-refractivity contribution < 1.29 is 23.1 Å². The van der Waals surface area contributed by atoms with E-state index in [1.54, 1.807) is 6.20 Å². The van der Waals surface area contributed by atoms with Gasteiger partial charge in [-0.15, -0.1) is 0 Å². The first-order valence-electron chi connectivity index (χ1n) is 11.6. The van der Waals surface area contributed by atoms with Crippen molar-refractivity contribution in [2.45, 2.75) is 25.1 Å². The Morgan fingerprint density at radius 1 is 1.12 bits per heavy atom. The van der Waals surface area contributed by atoms with Gasteiger partial charge in [-0.2, -0.15) is 0 Å². The van der Waals surface area contributed by atoms with Crippen LogP contribution in [0.2, 0.25) is 0 Å². The second kappa shape index (κ2) is 9.40. The number of nitrogens with zero attached hydrogens (tertiary/aromatic N) is 2. The SMILES string of the molecule is O=C(O)[C@@H](c1c[nH]c2ccc(OCc3ccccc3)cc12)N1CCN([C@H]2CCS(=O)(=O)C2)CC1. The number of fused-ring (bicyclic) bond motifs is 1. The molecule has 0 radical (unpaired) electrons. The molecule has 2 aliphatic rings. The Morgan fingerprint density at radius 2 is 1.88 bits per heavy atom. The molecule has 3 aromatic rings. The number of carbonyl (C=O) groups is 1. The second-order valence-corrected chi connectivity index (χ2v) is 11.3. The highest BCUT2D eigenvalue weighted by atomic mass is 32.2. The van der Waals surface area contributed by atoms with Crippen LogP contribution in [0.4, 0.5) is 0 Å². The third-order valence-corrected chi connectivity index (χ3v) is 8.65. The molecule has 34 heavy (non-hydrogen) atoms. The standard InChI is InChI=1S/C25H29N3O5S/c29-25(30)24(28-11-9-27(10-12-28)19-8-13-34(31,32)17-19)22-15-26-23-7-6-20(14-21(22)23)33-16-18-4-2-1-3-5-18/h1-7,14-15,19,24,26H,8-13,16-17H2,(H,29,30)/t19-,24+/m0/s1. The number of aromatic amines is 1. The number of hydrogen-bond donors (Lipinski definition) is 2. The number of aliphatic carboxylic acids is 1. The first kappa shape index (κ1) is 22.9. The lowest BCUT2D eigenvalue weighted by atomic mass is 10.0. The summed E-state index contributed by atoms with van der Waals surface area (Å²) in [4.78, 5) is 19.8. The van der Waals surface area contributed by atoms with E-state index in [9.17, 15) is 18.3 Å². The number of sulfone groups is 1. The quantitative estimate of drug-likeness (QED) is 0.533. The van der Waals surface area contributed by atoms with E-state index in [-0.39, 0.29) is 17.5 Å². The van der Waals surface area contributed by atoms with Crippen molar-refractivity contribution in [3.63, 3.8) is 0 Å². The minimum Gasteiger partial charge on any atom is -0.489 e. The predicted octanol–water partition coefficient (Wildman–Crippen LogP) is 2.68. The highest BCUT2D eigenvalue weighted by Gasteiger charge is 2.37. The molecule has 0 amide bonds. The molecule has 3 heterocycles. The van der Waals surface area contributed by atoms with Gasteiger partial charge in [0.05, 0.1) is 11.5 Å². The van der Waals surface area contributed by atoms with Crippen molar-refractivity contribution in [3.8, 4) is 5.75 Å². The zero-order chi connectivity index (χ0) is 23.7. The number of nitrogens with one attached hydrogen (secondary N) is 1. The van der Waals surface area contributed by atoms with Gasteiger partial charge in [-0.05, 0) is 30.2 Å². The number of benzene rings is 2. The van der Waals surface area contributed by atoms with E-state index in [0.29, 0.717) is 50.5 Å². The summed E-state index contributed by atoms with van der Waals surface area (Å²) in [6.45, 7) is 2.91. The molecular formula is C25H29N3O5S. The summed E-state index contributed by atoms with van der Waals surface area (Å²) in [5.74, 6) is 0.255. The lowest BCUT2D eigenvalue weighted by molar-refractivity contribution is -0.144. The average molecular weight is 484 g/mol. The van der Waals surface area contributed by atoms with Gasteiger partial charge in [0.1, 0.15) is 18.4 Å². The number of ether oxygens (including phenoxy) is 1. The third kappa shape index (κ3) is 4.82. The van der Waals surface area contributed by atoms with Gasteiger partial charge in [0, 0.05) is 54.9 Å². The molecule has 2 atom stereocenters. The number of aromatic nitrogens is 1. The minimum absolute atomic E-state index is 0.0489. The highest BCUT2D eigenvalue weighted by molar-refractivity contribution is 7.91. The van der Waals surface area contributed by atoms with Crippen LogP contribution in [-0.4, -0.2) is 78.0 Å². The predicted molar refractivity (Wildman–Crippen MR) is 130 cm³/mol. The summed E-state index contributed by atoms with van der Waals surface area (Å²) in [7, 11) is -2.94. The van der Waals surface area contributed by atoms with Gasteiger partial charge < -0.3 is 14.8 Å². The molecule has 2 N–H and O–H groups in total. The van der Waals surface area contributed by atoms with Gasteiger partial charge in [-0.1, -0.05) is 30.3 Å². The number of carboxylic acid groups (broad SMARTS) is 1. The summed E-state index contributed by atoms with van der Waals surface area (Å²) in [6.07, 6.45) is 2.44. The number of H-pyrrole nitrogens is 1. The van der Waals surface area contributed by atoms with Crippen LogP contribution < -0.4 is 4.74 Å². The van der Waals surface area contributed by atoms with Crippen LogP contribution in [0.1, 0.15) is 23.6 Å². The van der Waals surface area contributed by atoms with E-state index in [2.05, 4.69) is 9.88 Å². The van der Waals surface area contributed by atoms with E-state index in [1.165, 1.54) is 0 Å². The maximum Gasteiger partial charge on any atom is 0.325 e. The monoisotopic (exact) mass is 483 g/mol. The van der Waals surface area contributed by atoms with Crippen molar-refractivity contribution >= 4 is 26.7 Å². The molecule has 5 rings (SSSR count). The summed E-state index contributed by atoms with van der Waals surface area (Å²) < 4.78 is 29.7. The molecule has 0 unspecified atom stereocenters. The third-order valence-electron chi connectivity index (χ3n) is 6.90. The Labute approximate surface area is 199 Å². The molecule has 2 aromatic carbocycles. The Hall–Kier alpha value is -2.88. The van der Waals surface area contributed by atoms with Crippen LogP contribution in [-0.2, 0) is 21.2 Å². The molecule has 0 saturated carbocycles. The Balaban J connectivity index is 1.32. The van der Waals surface area contributed by atoms with Crippen LogP contribution in [0.15, 0.2) is 54.7 Å². The zero-order valence-electron chi connectivity index (χ0n) is 18.9. The van der Waals surface area contributed by atoms with E-state index in [1.807, 2.05) is 53.4 Å². The summed E-state index contributed by atoms with van der Waals surface area (Å²) in [6, 6.07) is 14.9. The van der Waals surface area contributed by atoms with E-state index < -0.39 is 21.8 Å². The van der Waals surface area contributed by atoms with Gasteiger partial charge in [0.15, 0.2) is 9.84 Å². The van der Waals surface area contributed by atoms with Crippen LogP contribution in [0.5, 0.6) is 5.75 Å². The molecule has 0 bridgehead atoms. The normalized spacial score (nSPS) is 22.1. The van der Waals surface area contributed by atoms with Crippen LogP contribution in [0, 0.1) is 0 Å². The number of rotatable bonds is 7. The summed E-state index contributed by atoms with van der Waals surface area (Å²) >= 11 is 0. The zero-order valence-corrected chi connectivity index (χ0v) is 19.7. The van der Waals surface area contributed by atoms with Gasteiger partial charge in [0.2, 0.25) is 0 Å². The van der Waals surface area contributed by atoms with Gasteiger partial charge in [0.25, 0.3) is 0 Å².